The zero-order valence-corrected chi connectivity index (χ0v) is 21.9. The van der Waals surface area contributed by atoms with Gasteiger partial charge < -0.3 is 19.9 Å². The van der Waals surface area contributed by atoms with Gasteiger partial charge in [0.1, 0.15) is 6.33 Å². The molecule has 0 fully saturated rings. The zero-order valence-electron chi connectivity index (χ0n) is 21.9. The normalized spacial score (nSPS) is 14.6. The molecule has 0 bridgehead atoms. The number of aromatic amines is 1. The van der Waals surface area contributed by atoms with Crippen LogP contribution in [0.4, 0.5) is 16.2 Å². The van der Waals surface area contributed by atoms with Crippen LogP contribution in [-0.4, -0.2) is 66.6 Å². The SMILES string of the molecule is CCc1ccc(-n2cnnn2)c(/C=C/C(=O)N2CCc3nc[nH]c3C2C(=O)Nc2ccc(NC(=O)OC)cc2)c1. The van der Waals surface area contributed by atoms with E-state index in [4.69, 9.17) is 0 Å². The minimum atomic E-state index is -0.919. The highest BCUT2D eigenvalue weighted by Crippen LogP contribution is 2.29. The number of anilines is 2. The van der Waals surface area contributed by atoms with Crippen molar-refractivity contribution in [2.75, 3.05) is 24.3 Å². The molecule has 1 aliphatic rings. The summed E-state index contributed by atoms with van der Waals surface area (Å²) >= 11 is 0. The fraction of sp³-hybridized carbons (Fsp3) is 0.222. The number of fused-ring (bicyclic) bond motifs is 1. The molecule has 2 aromatic carbocycles. The third-order valence-electron chi connectivity index (χ3n) is 6.54. The third kappa shape index (κ3) is 5.57. The number of aromatic nitrogens is 6. The van der Waals surface area contributed by atoms with E-state index in [1.54, 1.807) is 30.3 Å². The van der Waals surface area contributed by atoms with Crippen molar-refractivity contribution in [3.63, 3.8) is 0 Å². The molecule has 3 amide bonds. The molecule has 5 rings (SSSR count). The van der Waals surface area contributed by atoms with Gasteiger partial charge in [-0.3, -0.25) is 14.9 Å². The molecule has 1 atom stereocenters. The summed E-state index contributed by atoms with van der Waals surface area (Å²) in [5.74, 6) is -0.731. The molecule has 1 unspecified atom stereocenters. The first kappa shape index (κ1) is 26.3. The standard InChI is InChI=1S/C27H27N9O4/c1-3-17-4-10-22(36-16-30-33-34-36)18(14-17)5-11-23(37)35-13-12-21-24(29-15-28-21)25(35)26(38)31-19-6-8-20(9-7-19)32-27(39)40-2/h4-11,14-16,25H,3,12-13H2,1-2H3,(H,28,29)(H,31,38)(H,32,39)/b11-5+. The number of hydrogen-bond acceptors (Lipinski definition) is 8. The van der Waals surface area contributed by atoms with Crippen LogP contribution in [0.5, 0.6) is 0 Å². The molecule has 0 saturated carbocycles. The Bertz CT molecular complexity index is 1540. The molecule has 0 saturated heterocycles. The molecule has 13 heteroatoms. The number of methoxy groups -OCH3 is 1. The fourth-order valence-corrected chi connectivity index (χ4v) is 4.50. The molecule has 3 heterocycles. The average molecular weight is 542 g/mol. The van der Waals surface area contributed by atoms with Crippen LogP contribution in [0.25, 0.3) is 11.8 Å². The summed E-state index contributed by atoms with van der Waals surface area (Å²) < 4.78 is 6.12. The fourth-order valence-electron chi connectivity index (χ4n) is 4.50. The topological polar surface area (TPSA) is 160 Å². The minimum Gasteiger partial charge on any atom is -0.453 e. The lowest BCUT2D eigenvalue weighted by Crippen LogP contribution is -2.44. The van der Waals surface area contributed by atoms with Crippen LogP contribution >= 0.6 is 0 Å². The first-order valence-corrected chi connectivity index (χ1v) is 12.6. The molecule has 40 heavy (non-hydrogen) atoms. The van der Waals surface area contributed by atoms with E-state index in [1.807, 2.05) is 25.1 Å². The van der Waals surface area contributed by atoms with Gasteiger partial charge in [0.05, 0.1) is 30.5 Å². The molecule has 0 radical (unpaired) electrons. The highest BCUT2D eigenvalue weighted by atomic mass is 16.5. The van der Waals surface area contributed by atoms with E-state index in [-0.39, 0.29) is 5.91 Å². The van der Waals surface area contributed by atoms with Crippen molar-refractivity contribution < 1.29 is 19.1 Å². The van der Waals surface area contributed by atoms with Crippen molar-refractivity contribution >= 4 is 35.4 Å². The Hall–Kier alpha value is -5.33. The maximum atomic E-state index is 13.5. The molecule has 13 nitrogen and oxygen atoms in total. The maximum absolute atomic E-state index is 13.5. The van der Waals surface area contributed by atoms with Gasteiger partial charge in [-0.25, -0.2) is 9.78 Å². The van der Waals surface area contributed by atoms with E-state index in [0.717, 1.165) is 28.9 Å². The monoisotopic (exact) mass is 541 g/mol. The lowest BCUT2D eigenvalue weighted by atomic mass is 10.0. The molecule has 0 aliphatic carbocycles. The Labute approximate surface area is 229 Å². The summed E-state index contributed by atoms with van der Waals surface area (Å²) in [6.07, 6.45) is 6.92. The van der Waals surface area contributed by atoms with Crippen molar-refractivity contribution in [1.82, 2.24) is 35.1 Å². The third-order valence-corrected chi connectivity index (χ3v) is 6.54. The smallest absolute Gasteiger partial charge is 0.411 e. The maximum Gasteiger partial charge on any atom is 0.411 e. The number of hydrogen-bond donors (Lipinski definition) is 3. The van der Waals surface area contributed by atoms with E-state index < -0.39 is 18.0 Å². The van der Waals surface area contributed by atoms with Gasteiger partial charge in [0.15, 0.2) is 6.04 Å². The Morgan fingerprint density at radius 1 is 1.12 bits per heavy atom. The molecule has 2 aromatic heterocycles. The molecular formula is C27H27N9O4. The summed E-state index contributed by atoms with van der Waals surface area (Å²) in [7, 11) is 1.27. The number of amides is 3. The second kappa shape index (κ2) is 11.6. The van der Waals surface area contributed by atoms with Gasteiger partial charge in [-0.05, 0) is 64.9 Å². The number of nitrogens with zero attached hydrogens (tertiary/aromatic N) is 6. The number of tetrazole rings is 1. The van der Waals surface area contributed by atoms with E-state index in [0.29, 0.717) is 30.0 Å². The van der Waals surface area contributed by atoms with Crippen LogP contribution in [0.3, 0.4) is 0 Å². The lowest BCUT2D eigenvalue weighted by molar-refractivity contribution is -0.135. The number of carbonyl (C=O) groups excluding carboxylic acids is 3. The van der Waals surface area contributed by atoms with Crippen molar-refractivity contribution in [2.24, 2.45) is 0 Å². The van der Waals surface area contributed by atoms with Crippen molar-refractivity contribution in [2.45, 2.75) is 25.8 Å². The molecule has 4 aromatic rings. The van der Waals surface area contributed by atoms with Gasteiger partial charge in [-0.1, -0.05) is 13.0 Å². The lowest BCUT2D eigenvalue weighted by Gasteiger charge is -2.33. The average Bonchev–Trinajstić information content (AvgIpc) is 3.69. The molecule has 3 N–H and O–H groups in total. The quantitative estimate of drug-likeness (QED) is 0.301. The van der Waals surface area contributed by atoms with Gasteiger partial charge in [0.25, 0.3) is 5.91 Å². The number of H-pyrrole nitrogens is 1. The number of rotatable bonds is 7. The van der Waals surface area contributed by atoms with Crippen molar-refractivity contribution in [1.29, 1.82) is 0 Å². The van der Waals surface area contributed by atoms with Crippen LogP contribution in [0.15, 0.2) is 61.2 Å². The summed E-state index contributed by atoms with van der Waals surface area (Å²) in [5.41, 5.74) is 4.89. The van der Waals surface area contributed by atoms with Crippen LogP contribution in [0.2, 0.25) is 0 Å². The van der Waals surface area contributed by atoms with Gasteiger partial charge in [-0.15, -0.1) is 5.10 Å². The van der Waals surface area contributed by atoms with Gasteiger partial charge >= 0.3 is 6.09 Å². The Morgan fingerprint density at radius 2 is 1.90 bits per heavy atom. The molecule has 0 spiro atoms. The summed E-state index contributed by atoms with van der Waals surface area (Å²) in [4.78, 5) is 47.4. The van der Waals surface area contributed by atoms with Crippen LogP contribution in [-0.2, 0) is 27.2 Å². The highest BCUT2D eigenvalue weighted by molar-refractivity contribution is 6.01. The predicted molar refractivity (Wildman–Crippen MR) is 145 cm³/mol. The second-order valence-corrected chi connectivity index (χ2v) is 8.96. The highest BCUT2D eigenvalue weighted by Gasteiger charge is 2.37. The minimum absolute atomic E-state index is 0.315. The first-order chi connectivity index (χ1) is 19.5. The van der Waals surface area contributed by atoms with E-state index in [2.05, 4.69) is 40.9 Å². The summed E-state index contributed by atoms with van der Waals surface area (Å²) in [6.45, 7) is 2.36. The van der Waals surface area contributed by atoms with Gasteiger partial charge in [0.2, 0.25) is 5.91 Å². The van der Waals surface area contributed by atoms with Crippen LogP contribution < -0.4 is 10.6 Å². The molecular weight excluding hydrogens is 514 g/mol. The van der Waals surface area contributed by atoms with Crippen molar-refractivity contribution in [3.8, 4) is 5.69 Å². The molecule has 1 aliphatic heterocycles. The Morgan fingerprint density at radius 3 is 2.60 bits per heavy atom. The zero-order chi connectivity index (χ0) is 28.1. The number of ether oxygens (including phenoxy) is 1. The predicted octanol–water partition coefficient (Wildman–Crippen LogP) is 2.90. The second-order valence-electron chi connectivity index (χ2n) is 8.96. The number of imidazole rings is 1. The van der Waals surface area contributed by atoms with E-state index in [9.17, 15) is 14.4 Å². The van der Waals surface area contributed by atoms with Gasteiger partial charge in [0, 0.05) is 36.0 Å². The van der Waals surface area contributed by atoms with Gasteiger partial charge in [-0.2, -0.15) is 4.68 Å². The largest absolute Gasteiger partial charge is 0.453 e. The summed E-state index contributed by atoms with van der Waals surface area (Å²) in [6, 6.07) is 11.5. The number of benzene rings is 2. The molecule has 204 valence electrons. The van der Waals surface area contributed by atoms with E-state index >= 15 is 0 Å². The van der Waals surface area contributed by atoms with E-state index in [1.165, 1.54) is 35.4 Å². The number of aryl methyl sites for hydroxylation is 1. The van der Waals surface area contributed by atoms with Crippen LogP contribution in [0, 0.1) is 0 Å². The van der Waals surface area contributed by atoms with Crippen LogP contribution in [0.1, 0.15) is 35.5 Å². The summed E-state index contributed by atoms with van der Waals surface area (Å²) in [5, 5.41) is 16.8. The first-order valence-electron chi connectivity index (χ1n) is 12.6. The number of nitrogens with one attached hydrogen (secondary N) is 3. The Kier molecular flexibility index (Phi) is 7.62. The number of carbonyl (C=O) groups is 3. The Balaban J connectivity index is 1.38. The van der Waals surface area contributed by atoms with Crippen molar-refractivity contribution in [3.05, 3.63) is 83.7 Å².